The van der Waals surface area contributed by atoms with E-state index >= 15 is 0 Å². The predicted molar refractivity (Wildman–Crippen MR) is 85.4 cm³/mol. The van der Waals surface area contributed by atoms with Crippen molar-refractivity contribution in [3.63, 3.8) is 0 Å². The molecule has 0 bridgehead atoms. The average molecular weight is 294 g/mol. The number of hydrogen-bond acceptors (Lipinski definition) is 4. The Morgan fingerprint density at radius 3 is 2.65 bits per heavy atom. The zero-order chi connectivity index (χ0) is 13.2. The standard InChI is InChI=1S/C15H19N3O.ClH/c1-11-9-15(18-7-5-16-6-8-18)17-14-4-3-12(19-2)10-13(11)14;/h3-4,9-10,16H,5-8H2,1-2H3;1H. The molecule has 1 N–H and O–H groups in total. The van der Waals surface area contributed by atoms with E-state index in [0.717, 1.165) is 43.3 Å². The second-order valence-corrected chi connectivity index (χ2v) is 4.92. The Labute approximate surface area is 125 Å². The van der Waals surface area contributed by atoms with Gasteiger partial charge in [0.1, 0.15) is 11.6 Å². The summed E-state index contributed by atoms with van der Waals surface area (Å²) in [6, 6.07) is 8.23. The first-order valence-corrected chi connectivity index (χ1v) is 6.69. The van der Waals surface area contributed by atoms with Crippen LogP contribution in [0, 0.1) is 6.92 Å². The number of methoxy groups -OCH3 is 1. The van der Waals surface area contributed by atoms with Crippen molar-refractivity contribution < 1.29 is 4.74 Å². The molecule has 0 radical (unpaired) electrons. The Hall–Kier alpha value is -1.52. The number of pyridine rings is 1. The highest BCUT2D eigenvalue weighted by Gasteiger charge is 2.13. The van der Waals surface area contributed by atoms with Gasteiger partial charge in [0.25, 0.3) is 0 Å². The van der Waals surface area contributed by atoms with Crippen LogP contribution in [-0.2, 0) is 0 Å². The lowest BCUT2D eigenvalue weighted by atomic mass is 10.1. The highest BCUT2D eigenvalue weighted by molar-refractivity contribution is 5.85. The zero-order valence-corrected chi connectivity index (χ0v) is 12.7. The number of halogens is 1. The minimum absolute atomic E-state index is 0. The van der Waals surface area contributed by atoms with Gasteiger partial charge in [0, 0.05) is 31.6 Å². The van der Waals surface area contributed by atoms with Gasteiger partial charge in [0.15, 0.2) is 0 Å². The van der Waals surface area contributed by atoms with Crippen molar-refractivity contribution in [3.05, 3.63) is 29.8 Å². The molecular weight excluding hydrogens is 274 g/mol. The Morgan fingerprint density at radius 1 is 1.20 bits per heavy atom. The fraction of sp³-hybridized carbons (Fsp3) is 0.400. The van der Waals surface area contributed by atoms with Gasteiger partial charge in [-0.1, -0.05) is 0 Å². The van der Waals surface area contributed by atoms with Crippen molar-refractivity contribution >= 4 is 29.1 Å². The van der Waals surface area contributed by atoms with Crippen LogP contribution in [0.3, 0.4) is 0 Å². The summed E-state index contributed by atoms with van der Waals surface area (Å²) in [6.45, 7) is 6.24. The van der Waals surface area contributed by atoms with Gasteiger partial charge in [-0.2, -0.15) is 0 Å². The van der Waals surface area contributed by atoms with Crippen LogP contribution < -0.4 is 15.0 Å². The van der Waals surface area contributed by atoms with E-state index in [1.807, 2.05) is 12.1 Å². The Morgan fingerprint density at radius 2 is 1.95 bits per heavy atom. The monoisotopic (exact) mass is 293 g/mol. The van der Waals surface area contributed by atoms with Crippen LogP contribution in [0.15, 0.2) is 24.3 Å². The van der Waals surface area contributed by atoms with Crippen LogP contribution in [0.25, 0.3) is 10.9 Å². The second-order valence-electron chi connectivity index (χ2n) is 4.92. The highest BCUT2D eigenvalue weighted by Crippen LogP contribution is 2.26. The van der Waals surface area contributed by atoms with Gasteiger partial charge in [-0.3, -0.25) is 0 Å². The second kappa shape index (κ2) is 6.29. The quantitative estimate of drug-likeness (QED) is 0.922. The molecule has 4 nitrogen and oxygen atoms in total. The summed E-state index contributed by atoms with van der Waals surface area (Å²) in [5.41, 5.74) is 2.28. The normalized spacial score (nSPS) is 15.0. The minimum Gasteiger partial charge on any atom is -0.497 e. The number of nitrogens with zero attached hydrogens (tertiary/aromatic N) is 2. The molecule has 1 aromatic heterocycles. The summed E-state index contributed by atoms with van der Waals surface area (Å²) >= 11 is 0. The summed E-state index contributed by atoms with van der Waals surface area (Å²) in [4.78, 5) is 7.12. The number of nitrogens with one attached hydrogen (secondary N) is 1. The molecule has 0 unspecified atom stereocenters. The van der Waals surface area contributed by atoms with E-state index < -0.39 is 0 Å². The number of fused-ring (bicyclic) bond motifs is 1. The van der Waals surface area contributed by atoms with Gasteiger partial charge in [0.05, 0.1) is 12.6 Å². The lowest BCUT2D eigenvalue weighted by Crippen LogP contribution is -2.43. The maximum Gasteiger partial charge on any atom is 0.129 e. The molecule has 1 fully saturated rings. The molecule has 2 heterocycles. The Balaban J connectivity index is 0.00000147. The van der Waals surface area contributed by atoms with Crippen molar-refractivity contribution in [3.8, 4) is 5.75 Å². The molecule has 1 aliphatic heterocycles. The molecule has 108 valence electrons. The van der Waals surface area contributed by atoms with E-state index in [0.29, 0.717) is 0 Å². The molecule has 0 spiro atoms. The Bertz CT molecular complexity index is 597. The van der Waals surface area contributed by atoms with Crippen molar-refractivity contribution in [1.29, 1.82) is 0 Å². The number of piperazine rings is 1. The smallest absolute Gasteiger partial charge is 0.129 e. The van der Waals surface area contributed by atoms with Gasteiger partial charge in [-0.25, -0.2) is 4.98 Å². The molecule has 1 aromatic carbocycles. The lowest BCUT2D eigenvalue weighted by molar-refractivity contribution is 0.415. The summed E-state index contributed by atoms with van der Waals surface area (Å²) in [7, 11) is 1.69. The summed E-state index contributed by atoms with van der Waals surface area (Å²) < 4.78 is 5.28. The van der Waals surface area contributed by atoms with Crippen molar-refractivity contribution in [2.45, 2.75) is 6.92 Å². The van der Waals surface area contributed by atoms with Crippen molar-refractivity contribution in [2.75, 3.05) is 38.2 Å². The minimum atomic E-state index is 0. The third-order valence-electron chi connectivity index (χ3n) is 3.65. The topological polar surface area (TPSA) is 37.4 Å². The van der Waals surface area contributed by atoms with E-state index in [1.165, 1.54) is 10.9 Å². The summed E-state index contributed by atoms with van der Waals surface area (Å²) in [6.07, 6.45) is 0. The first-order chi connectivity index (χ1) is 9.28. The molecule has 0 aliphatic carbocycles. The highest BCUT2D eigenvalue weighted by atomic mass is 35.5. The molecule has 20 heavy (non-hydrogen) atoms. The number of aromatic nitrogens is 1. The number of benzene rings is 1. The molecular formula is C15H20ClN3O. The predicted octanol–water partition coefficient (Wildman–Crippen LogP) is 2.38. The summed E-state index contributed by atoms with van der Waals surface area (Å²) in [5.74, 6) is 1.96. The third kappa shape index (κ3) is 2.81. The third-order valence-corrected chi connectivity index (χ3v) is 3.65. The SMILES string of the molecule is COc1ccc2nc(N3CCNCC3)cc(C)c2c1.Cl. The van der Waals surface area contributed by atoms with Crippen molar-refractivity contribution in [1.82, 2.24) is 10.3 Å². The van der Waals surface area contributed by atoms with E-state index in [9.17, 15) is 0 Å². The van der Waals surface area contributed by atoms with Crippen molar-refractivity contribution in [2.24, 2.45) is 0 Å². The van der Waals surface area contributed by atoms with E-state index in [-0.39, 0.29) is 12.4 Å². The molecule has 1 aliphatic rings. The molecule has 3 rings (SSSR count). The number of aryl methyl sites for hydroxylation is 1. The van der Waals surface area contributed by atoms with Crippen LogP contribution in [0.5, 0.6) is 5.75 Å². The molecule has 1 saturated heterocycles. The van der Waals surface area contributed by atoms with Crippen LogP contribution >= 0.6 is 12.4 Å². The van der Waals surface area contributed by atoms with Crippen LogP contribution in [0.4, 0.5) is 5.82 Å². The number of ether oxygens (including phenoxy) is 1. The van der Waals surface area contributed by atoms with Gasteiger partial charge in [0.2, 0.25) is 0 Å². The van der Waals surface area contributed by atoms with Gasteiger partial charge >= 0.3 is 0 Å². The van der Waals surface area contributed by atoms with Gasteiger partial charge < -0.3 is 15.0 Å². The molecule has 5 heteroatoms. The van der Waals surface area contributed by atoms with Gasteiger partial charge in [-0.05, 0) is 36.8 Å². The maximum absolute atomic E-state index is 5.28. The summed E-state index contributed by atoms with van der Waals surface area (Å²) in [5, 5.41) is 4.53. The maximum atomic E-state index is 5.28. The fourth-order valence-corrected chi connectivity index (χ4v) is 2.54. The molecule has 0 atom stereocenters. The molecule has 0 amide bonds. The van der Waals surface area contributed by atoms with E-state index in [1.54, 1.807) is 7.11 Å². The fourth-order valence-electron chi connectivity index (χ4n) is 2.54. The largest absolute Gasteiger partial charge is 0.497 e. The first kappa shape index (κ1) is 14.9. The number of anilines is 1. The lowest BCUT2D eigenvalue weighted by Gasteiger charge is -2.29. The zero-order valence-electron chi connectivity index (χ0n) is 11.8. The van der Waals surface area contributed by atoms with Gasteiger partial charge in [-0.15, -0.1) is 12.4 Å². The first-order valence-electron chi connectivity index (χ1n) is 6.69. The average Bonchev–Trinajstić information content (AvgIpc) is 2.48. The van der Waals surface area contributed by atoms with E-state index in [4.69, 9.17) is 9.72 Å². The van der Waals surface area contributed by atoms with Crippen LogP contribution in [-0.4, -0.2) is 38.3 Å². The van der Waals surface area contributed by atoms with E-state index in [2.05, 4.69) is 29.3 Å². The number of rotatable bonds is 2. The Kier molecular flexibility index (Phi) is 4.68. The molecule has 0 saturated carbocycles. The number of hydrogen-bond donors (Lipinski definition) is 1. The van der Waals surface area contributed by atoms with Crippen LogP contribution in [0.1, 0.15) is 5.56 Å². The molecule has 2 aromatic rings. The van der Waals surface area contributed by atoms with Crippen LogP contribution in [0.2, 0.25) is 0 Å².